The first-order valence-electron chi connectivity index (χ1n) is 9.42. The van der Waals surface area contributed by atoms with E-state index in [0.717, 1.165) is 31.6 Å². The van der Waals surface area contributed by atoms with E-state index in [2.05, 4.69) is 39.0 Å². The van der Waals surface area contributed by atoms with Crippen LogP contribution >= 0.6 is 0 Å². The van der Waals surface area contributed by atoms with E-state index >= 15 is 0 Å². The zero-order chi connectivity index (χ0) is 17.1. The molecule has 0 heterocycles. The molecule has 0 spiro atoms. The molecule has 0 amide bonds. The Morgan fingerprint density at radius 1 is 0.913 bits per heavy atom. The summed E-state index contributed by atoms with van der Waals surface area (Å²) in [6, 6.07) is 6.53. The molecule has 0 fully saturated rings. The van der Waals surface area contributed by atoms with Crippen LogP contribution in [0.2, 0.25) is 0 Å². The molecule has 0 aliphatic carbocycles. The van der Waals surface area contributed by atoms with E-state index < -0.39 is 0 Å². The molecular weight excluding hydrogens is 284 g/mol. The maximum Gasteiger partial charge on any atom is 0.122 e. The lowest BCUT2D eigenvalue weighted by Gasteiger charge is -2.14. The molecular formula is C21H36O2. The Morgan fingerprint density at radius 2 is 1.52 bits per heavy atom. The summed E-state index contributed by atoms with van der Waals surface area (Å²) in [5, 5.41) is 9.20. The van der Waals surface area contributed by atoms with Gasteiger partial charge in [0.25, 0.3) is 0 Å². The van der Waals surface area contributed by atoms with Gasteiger partial charge in [0.15, 0.2) is 0 Å². The highest BCUT2D eigenvalue weighted by Gasteiger charge is 2.07. The summed E-state index contributed by atoms with van der Waals surface area (Å²) >= 11 is 0. The standard InChI is InChI=1S/C21H36O2/c1-17(2)20-14-13-18(3)16-21(20)23-15-11-9-7-5-6-8-10-12-19(4)22/h13-14,16-17,19,22H,5-12,15H2,1-4H3. The summed E-state index contributed by atoms with van der Waals surface area (Å²) in [6.07, 6.45) is 9.51. The van der Waals surface area contributed by atoms with Crippen LogP contribution in [0.15, 0.2) is 18.2 Å². The van der Waals surface area contributed by atoms with Crippen LogP contribution in [0, 0.1) is 6.92 Å². The largest absolute Gasteiger partial charge is 0.493 e. The average Bonchev–Trinajstić information content (AvgIpc) is 2.48. The van der Waals surface area contributed by atoms with Crippen molar-refractivity contribution in [1.82, 2.24) is 0 Å². The summed E-state index contributed by atoms with van der Waals surface area (Å²) < 4.78 is 6.02. The molecule has 0 saturated carbocycles. The lowest BCUT2D eigenvalue weighted by Crippen LogP contribution is -2.02. The van der Waals surface area contributed by atoms with E-state index in [1.807, 2.05) is 6.92 Å². The fourth-order valence-electron chi connectivity index (χ4n) is 2.85. The second-order valence-electron chi connectivity index (χ2n) is 7.16. The molecule has 2 heteroatoms. The molecule has 0 aromatic heterocycles. The Bertz CT molecular complexity index is 424. The first-order valence-corrected chi connectivity index (χ1v) is 9.42. The third-order valence-corrected chi connectivity index (χ3v) is 4.31. The third-order valence-electron chi connectivity index (χ3n) is 4.31. The number of hydrogen-bond donors (Lipinski definition) is 1. The van der Waals surface area contributed by atoms with Gasteiger partial charge in [0.2, 0.25) is 0 Å². The average molecular weight is 321 g/mol. The Labute approximate surface area is 143 Å². The van der Waals surface area contributed by atoms with Crippen LogP contribution in [0.1, 0.15) is 89.2 Å². The molecule has 1 N–H and O–H groups in total. The van der Waals surface area contributed by atoms with Crippen LogP contribution in [0.4, 0.5) is 0 Å². The molecule has 0 aliphatic rings. The molecule has 1 aromatic rings. The van der Waals surface area contributed by atoms with Crippen molar-refractivity contribution in [3.8, 4) is 5.75 Å². The number of rotatable bonds is 12. The molecule has 132 valence electrons. The van der Waals surface area contributed by atoms with E-state index in [1.165, 1.54) is 43.2 Å². The van der Waals surface area contributed by atoms with Gasteiger partial charge in [-0.25, -0.2) is 0 Å². The van der Waals surface area contributed by atoms with Gasteiger partial charge < -0.3 is 9.84 Å². The predicted molar refractivity (Wildman–Crippen MR) is 99.4 cm³/mol. The predicted octanol–water partition coefficient (Wildman–Crippen LogP) is 6.00. The summed E-state index contributed by atoms with van der Waals surface area (Å²) in [4.78, 5) is 0. The number of unbranched alkanes of at least 4 members (excludes halogenated alkanes) is 6. The lowest BCUT2D eigenvalue weighted by atomic mass is 10.0. The molecule has 1 rings (SSSR count). The van der Waals surface area contributed by atoms with Gasteiger partial charge in [0.05, 0.1) is 12.7 Å². The van der Waals surface area contributed by atoms with Crippen LogP contribution < -0.4 is 4.74 Å². The number of aliphatic hydroxyl groups is 1. The Morgan fingerprint density at radius 3 is 2.13 bits per heavy atom. The first-order chi connectivity index (χ1) is 11.0. The van der Waals surface area contributed by atoms with Gasteiger partial charge in [-0.1, -0.05) is 64.5 Å². The van der Waals surface area contributed by atoms with Crippen LogP contribution in [0.3, 0.4) is 0 Å². The zero-order valence-electron chi connectivity index (χ0n) is 15.6. The second kappa shape index (κ2) is 11.5. The van der Waals surface area contributed by atoms with E-state index in [4.69, 9.17) is 4.74 Å². The Kier molecular flexibility index (Phi) is 10.0. The Hall–Kier alpha value is -1.02. The van der Waals surface area contributed by atoms with E-state index in [1.54, 1.807) is 0 Å². The van der Waals surface area contributed by atoms with Crippen molar-refractivity contribution in [1.29, 1.82) is 0 Å². The van der Waals surface area contributed by atoms with Gasteiger partial charge in [-0.05, 0) is 49.8 Å². The monoisotopic (exact) mass is 320 g/mol. The van der Waals surface area contributed by atoms with Gasteiger partial charge in [0.1, 0.15) is 5.75 Å². The minimum absolute atomic E-state index is 0.135. The van der Waals surface area contributed by atoms with Gasteiger partial charge >= 0.3 is 0 Å². The highest BCUT2D eigenvalue weighted by Crippen LogP contribution is 2.27. The highest BCUT2D eigenvalue weighted by atomic mass is 16.5. The van der Waals surface area contributed by atoms with Crippen molar-refractivity contribution >= 4 is 0 Å². The van der Waals surface area contributed by atoms with Crippen LogP contribution in [-0.4, -0.2) is 17.8 Å². The number of hydrogen-bond acceptors (Lipinski definition) is 2. The topological polar surface area (TPSA) is 29.5 Å². The molecule has 1 atom stereocenters. The minimum atomic E-state index is -0.135. The van der Waals surface area contributed by atoms with Crippen molar-refractivity contribution in [2.24, 2.45) is 0 Å². The molecule has 23 heavy (non-hydrogen) atoms. The van der Waals surface area contributed by atoms with Gasteiger partial charge in [0, 0.05) is 0 Å². The summed E-state index contributed by atoms with van der Waals surface area (Å²) in [7, 11) is 0. The van der Waals surface area contributed by atoms with E-state index in [9.17, 15) is 5.11 Å². The fraction of sp³-hybridized carbons (Fsp3) is 0.714. The quantitative estimate of drug-likeness (QED) is 0.479. The molecule has 0 bridgehead atoms. The van der Waals surface area contributed by atoms with Crippen LogP contribution in [0.25, 0.3) is 0 Å². The summed E-state index contributed by atoms with van der Waals surface area (Å²) in [6.45, 7) is 9.25. The third kappa shape index (κ3) is 9.00. The lowest BCUT2D eigenvalue weighted by molar-refractivity contribution is 0.180. The van der Waals surface area contributed by atoms with Gasteiger partial charge in [-0.3, -0.25) is 0 Å². The normalized spacial score (nSPS) is 12.6. The van der Waals surface area contributed by atoms with Gasteiger partial charge in [-0.15, -0.1) is 0 Å². The maximum atomic E-state index is 9.20. The molecule has 0 aliphatic heterocycles. The molecule has 0 radical (unpaired) electrons. The summed E-state index contributed by atoms with van der Waals surface area (Å²) in [5.74, 6) is 1.57. The number of aryl methyl sites for hydroxylation is 1. The molecule has 0 saturated heterocycles. The molecule has 2 nitrogen and oxygen atoms in total. The van der Waals surface area contributed by atoms with Crippen molar-refractivity contribution in [3.63, 3.8) is 0 Å². The maximum absolute atomic E-state index is 9.20. The van der Waals surface area contributed by atoms with Crippen LogP contribution in [0.5, 0.6) is 5.75 Å². The van der Waals surface area contributed by atoms with Crippen LogP contribution in [-0.2, 0) is 0 Å². The fourth-order valence-corrected chi connectivity index (χ4v) is 2.85. The van der Waals surface area contributed by atoms with Gasteiger partial charge in [-0.2, -0.15) is 0 Å². The molecule has 1 aromatic carbocycles. The van der Waals surface area contributed by atoms with E-state index in [0.29, 0.717) is 5.92 Å². The summed E-state index contributed by atoms with van der Waals surface area (Å²) in [5.41, 5.74) is 2.58. The van der Waals surface area contributed by atoms with Crippen molar-refractivity contribution in [2.45, 2.75) is 91.1 Å². The zero-order valence-corrected chi connectivity index (χ0v) is 15.6. The van der Waals surface area contributed by atoms with Crippen molar-refractivity contribution in [2.75, 3.05) is 6.61 Å². The first kappa shape index (κ1) is 20.0. The number of aliphatic hydroxyl groups excluding tert-OH is 1. The van der Waals surface area contributed by atoms with Crippen molar-refractivity contribution in [3.05, 3.63) is 29.3 Å². The SMILES string of the molecule is Cc1ccc(C(C)C)c(OCCCCCCCCCC(C)O)c1. The molecule has 1 unspecified atom stereocenters. The second-order valence-corrected chi connectivity index (χ2v) is 7.16. The van der Waals surface area contributed by atoms with E-state index in [-0.39, 0.29) is 6.10 Å². The Balaban J connectivity index is 2.10. The number of benzene rings is 1. The minimum Gasteiger partial charge on any atom is -0.493 e. The van der Waals surface area contributed by atoms with Crippen molar-refractivity contribution < 1.29 is 9.84 Å². The smallest absolute Gasteiger partial charge is 0.122 e. The number of ether oxygens (including phenoxy) is 1. The highest BCUT2D eigenvalue weighted by molar-refractivity contribution is 5.39.